The van der Waals surface area contributed by atoms with Crippen molar-refractivity contribution >= 4 is 5.78 Å². The molecule has 0 amide bonds. The van der Waals surface area contributed by atoms with E-state index in [1.807, 2.05) is 14.0 Å². The van der Waals surface area contributed by atoms with Gasteiger partial charge in [-0.2, -0.15) is 0 Å². The van der Waals surface area contributed by atoms with Crippen LogP contribution >= 0.6 is 0 Å². The average Bonchev–Trinajstić information content (AvgIpc) is 2.56. The van der Waals surface area contributed by atoms with Gasteiger partial charge in [0.05, 0.1) is 11.6 Å². The quantitative estimate of drug-likeness (QED) is 0.741. The van der Waals surface area contributed by atoms with Gasteiger partial charge < -0.3 is 4.57 Å². The highest BCUT2D eigenvalue weighted by molar-refractivity contribution is 5.82. The summed E-state index contributed by atoms with van der Waals surface area (Å²) in [5.41, 5.74) is 2.55. The molecule has 1 aromatic rings. The number of carbonyl (C=O) groups is 1. The molecule has 0 N–H and O–H groups in total. The minimum atomic E-state index is -0.0689. The number of nitrogens with zero attached hydrogens (tertiary/aromatic N) is 2. The van der Waals surface area contributed by atoms with Gasteiger partial charge in [-0.1, -0.05) is 0 Å². The van der Waals surface area contributed by atoms with Crippen molar-refractivity contribution in [3.8, 4) is 0 Å². The van der Waals surface area contributed by atoms with Gasteiger partial charge in [-0.3, -0.25) is 4.79 Å². The minimum absolute atomic E-state index is 0.0689. The summed E-state index contributed by atoms with van der Waals surface area (Å²) in [6.07, 6.45) is 4.68. The molecule has 1 aromatic heterocycles. The molecule has 0 saturated heterocycles. The highest BCUT2D eigenvalue weighted by Crippen LogP contribution is 2.25. The van der Waals surface area contributed by atoms with Gasteiger partial charge in [-0.15, -0.1) is 0 Å². The fourth-order valence-electron chi connectivity index (χ4n) is 2.28. The molecular formula is C12H18N2O. The Balaban J connectivity index is 2.41. The van der Waals surface area contributed by atoms with Crippen LogP contribution in [0.4, 0.5) is 0 Å². The molecule has 0 bridgehead atoms. The van der Waals surface area contributed by atoms with Gasteiger partial charge in [0, 0.05) is 12.7 Å². The molecule has 0 spiro atoms. The fraction of sp³-hybridized carbons (Fsp3) is 0.667. The van der Waals surface area contributed by atoms with Crippen LogP contribution in [0.5, 0.6) is 0 Å². The van der Waals surface area contributed by atoms with Crippen LogP contribution in [-0.4, -0.2) is 15.3 Å². The van der Waals surface area contributed by atoms with E-state index < -0.39 is 0 Å². The van der Waals surface area contributed by atoms with E-state index in [1.165, 1.54) is 24.2 Å². The van der Waals surface area contributed by atoms with Crippen molar-refractivity contribution in [2.75, 3.05) is 0 Å². The lowest BCUT2D eigenvalue weighted by Crippen LogP contribution is -2.12. The van der Waals surface area contributed by atoms with E-state index in [0.717, 1.165) is 18.7 Å². The molecule has 0 saturated carbocycles. The Bertz CT molecular complexity index is 393. The molecule has 0 radical (unpaired) electrons. The van der Waals surface area contributed by atoms with Crippen molar-refractivity contribution in [3.63, 3.8) is 0 Å². The van der Waals surface area contributed by atoms with Crippen molar-refractivity contribution in [3.05, 3.63) is 17.2 Å². The van der Waals surface area contributed by atoms with E-state index in [0.29, 0.717) is 0 Å². The number of imidazole rings is 1. The summed E-state index contributed by atoms with van der Waals surface area (Å²) in [4.78, 5) is 16.0. The van der Waals surface area contributed by atoms with Crippen LogP contribution in [0.25, 0.3) is 0 Å². The van der Waals surface area contributed by atoms with Crippen LogP contribution in [0.1, 0.15) is 49.8 Å². The van der Waals surface area contributed by atoms with Crippen LogP contribution in [0.15, 0.2) is 0 Å². The first-order valence-electron chi connectivity index (χ1n) is 5.66. The average molecular weight is 206 g/mol. The van der Waals surface area contributed by atoms with Crippen molar-refractivity contribution in [1.29, 1.82) is 0 Å². The topological polar surface area (TPSA) is 34.9 Å². The summed E-state index contributed by atoms with van der Waals surface area (Å²) in [5.74, 6) is 1.07. The predicted octanol–water partition coefficient (Wildman–Crippen LogP) is 1.99. The van der Waals surface area contributed by atoms with Gasteiger partial charge in [0.1, 0.15) is 11.6 Å². The lowest BCUT2D eigenvalue weighted by molar-refractivity contribution is -0.118. The monoisotopic (exact) mass is 206 g/mol. The van der Waals surface area contributed by atoms with Gasteiger partial charge in [0.15, 0.2) is 0 Å². The van der Waals surface area contributed by atoms with Crippen molar-refractivity contribution in [2.45, 2.75) is 45.4 Å². The van der Waals surface area contributed by atoms with Crippen LogP contribution in [0.3, 0.4) is 0 Å². The van der Waals surface area contributed by atoms with Gasteiger partial charge in [-0.25, -0.2) is 4.98 Å². The first-order chi connectivity index (χ1) is 7.11. The summed E-state index contributed by atoms with van der Waals surface area (Å²) < 4.78 is 2.13. The first-order valence-corrected chi connectivity index (χ1v) is 5.66. The molecular weight excluding hydrogens is 188 g/mol. The van der Waals surface area contributed by atoms with Crippen LogP contribution in [0.2, 0.25) is 0 Å². The number of Topliss-reactive ketones (excluding diaryl/α,β-unsaturated/α-hetero) is 1. The number of carbonyl (C=O) groups excluding carboxylic acids is 1. The molecule has 15 heavy (non-hydrogen) atoms. The Kier molecular flexibility index (Phi) is 2.63. The molecule has 1 aliphatic rings. The second-order valence-corrected chi connectivity index (χ2v) is 4.46. The third-order valence-corrected chi connectivity index (χ3v) is 3.41. The molecule has 0 aromatic carbocycles. The zero-order valence-electron chi connectivity index (χ0n) is 9.71. The van der Waals surface area contributed by atoms with E-state index >= 15 is 0 Å². The molecule has 2 rings (SSSR count). The van der Waals surface area contributed by atoms with Crippen molar-refractivity contribution < 1.29 is 4.79 Å². The zero-order valence-corrected chi connectivity index (χ0v) is 9.71. The molecule has 3 nitrogen and oxygen atoms in total. The van der Waals surface area contributed by atoms with E-state index in [2.05, 4.69) is 9.55 Å². The SMILES string of the molecule is CC(=O)C(C)c1nc2c(n1C)CCCC2. The third kappa shape index (κ3) is 1.71. The number of rotatable bonds is 2. The zero-order chi connectivity index (χ0) is 11.0. The van der Waals surface area contributed by atoms with Gasteiger partial charge in [0.2, 0.25) is 0 Å². The number of aryl methyl sites for hydroxylation is 1. The lowest BCUT2D eigenvalue weighted by atomic mass is 10.0. The van der Waals surface area contributed by atoms with E-state index in [1.54, 1.807) is 6.92 Å². The molecule has 0 aliphatic heterocycles. The summed E-state index contributed by atoms with van der Waals surface area (Å²) in [5, 5.41) is 0. The maximum absolute atomic E-state index is 11.4. The maximum atomic E-state index is 11.4. The largest absolute Gasteiger partial charge is 0.334 e. The number of hydrogen-bond acceptors (Lipinski definition) is 2. The molecule has 1 atom stereocenters. The summed E-state index contributed by atoms with van der Waals surface area (Å²) in [6, 6.07) is 0. The van der Waals surface area contributed by atoms with Crippen molar-refractivity contribution in [1.82, 2.24) is 9.55 Å². The molecule has 0 fully saturated rings. The van der Waals surface area contributed by atoms with Gasteiger partial charge >= 0.3 is 0 Å². The summed E-state index contributed by atoms with van der Waals surface area (Å²) in [7, 11) is 2.03. The maximum Gasteiger partial charge on any atom is 0.140 e. The molecule has 82 valence electrons. The van der Waals surface area contributed by atoms with E-state index in [9.17, 15) is 4.79 Å². The molecule has 1 heterocycles. The first kappa shape index (κ1) is 10.4. The second-order valence-electron chi connectivity index (χ2n) is 4.46. The molecule has 1 aliphatic carbocycles. The second kappa shape index (κ2) is 3.80. The third-order valence-electron chi connectivity index (χ3n) is 3.41. The highest BCUT2D eigenvalue weighted by atomic mass is 16.1. The number of fused-ring (bicyclic) bond motifs is 1. The Morgan fingerprint density at radius 2 is 2.07 bits per heavy atom. The Labute approximate surface area is 90.5 Å². The van der Waals surface area contributed by atoms with Crippen molar-refractivity contribution in [2.24, 2.45) is 7.05 Å². The minimum Gasteiger partial charge on any atom is -0.334 e. The molecule has 3 heteroatoms. The summed E-state index contributed by atoms with van der Waals surface area (Å²) >= 11 is 0. The van der Waals surface area contributed by atoms with Crippen LogP contribution in [-0.2, 0) is 24.7 Å². The highest BCUT2D eigenvalue weighted by Gasteiger charge is 2.22. The van der Waals surface area contributed by atoms with Gasteiger partial charge in [-0.05, 0) is 39.5 Å². The fourth-order valence-corrected chi connectivity index (χ4v) is 2.28. The normalized spacial score (nSPS) is 17.3. The Hall–Kier alpha value is -1.12. The Morgan fingerprint density at radius 3 is 2.67 bits per heavy atom. The van der Waals surface area contributed by atoms with E-state index in [4.69, 9.17) is 0 Å². The van der Waals surface area contributed by atoms with Crippen LogP contribution in [0, 0.1) is 0 Å². The smallest absolute Gasteiger partial charge is 0.140 e. The molecule has 1 unspecified atom stereocenters. The number of hydrogen-bond donors (Lipinski definition) is 0. The standard InChI is InChI=1S/C12H18N2O/c1-8(9(2)15)12-13-10-6-4-5-7-11(10)14(12)3/h8H,4-7H2,1-3H3. The lowest BCUT2D eigenvalue weighted by Gasteiger charge is -2.12. The van der Waals surface area contributed by atoms with Crippen LogP contribution < -0.4 is 0 Å². The Morgan fingerprint density at radius 1 is 1.40 bits per heavy atom. The predicted molar refractivity (Wildman–Crippen MR) is 58.9 cm³/mol. The number of aromatic nitrogens is 2. The number of ketones is 1. The summed E-state index contributed by atoms with van der Waals surface area (Å²) in [6.45, 7) is 3.58. The van der Waals surface area contributed by atoms with E-state index in [-0.39, 0.29) is 11.7 Å². The van der Waals surface area contributed by atoms with Gasteiger partial charge in [0.25, 0.3) is 0 Å².